The van der Waals surface area contributed by atoms with Crippen molar-refractivity contribution in [3.63, 3.8) is 0 Å². The maximum absolute atomic E-state index is 14.1. The van der Waals surface area contributed by atoms with Crippen LogP contribution in [0.15, 0.2) is 23.2 Å². The fraction of sp³-hybridized carbons (Fsp3) is 0.733. The van der Waals surface area contributed by atoms with E-state index < -0.39 is 5.54 Å². The molecule has 2 aliphatic carbocycles. The summed E-state index contributed by atoms with van der Waals surface area (Å²) in [5.41, 5.74) is 7.10. The average molecular weight is 553 g/mol. The van der Waals surface area contributed by atoms with Crippen LogP contribution >= 0.6 is 0 Å². The minimum Gasteiger partial charge on any atom is -0.534 e. The molecular formula is C30H45CoN4O2-. The third kappa shape index (κ3) is 7.10. The van der Waals surface area contributed by atoms with Crippen LogP contribution in [0.25, 0.3) is 0 Å². The van der Waals surface area contributed by atoms with Crippen LogP contribution in [0.3, 0.4) is 0 Å². The smallest absolute Gasteiger partial charge is 0.257 e. The second-order valence-corrected chi connectivity index (χ2v) is 12.1. The molecule has 2 aliphatic heterocycles. The van der Waals surface area contributed by atoms with Crippen LogP contribution in [0.5, 0.6) is 5.75 Å². The van der Waals surface area contributed by atoms with Crippen LogP contribution in [-0.2, 0) is 28.1 Å². The molecule has 3 fully saturated rings. The van der Waals surface area contributed by atoms with Gasteiger partial charge in [0.2, 0.25) is 0 Å². The Balaban J connectivity index is 0.00000320. The van der Waals surface area contributed by atoms with Gasteiger partial charge in [-0.15, -0.1) is 17.7 Å². The van der Waals surface area contributed by atoms with E-state index in [0.29, 0.717) is 30.3 Å². The van der Waals surface area contributed by atoms with Crippen LogP contribution in [0.2, 0.25) is 0 Å². The van der Waals surface area contributed by atoms with Crippen molar-refractivity contribution in [3.05, 3.63) is 29.8 Å². The maximum Gasteiger partial charge on any atom is 0.257 e. The summed E-state index contributed by atoms with van der Waals surface area (Å²) >= 11 is 0. The first-order chi connectivity index (χ1) is 17.5. The fourth-order valence-electron chi connectivity index (χ4n) is 7.34. The van der Waals surface area contributed by atoms with Gasteiger partial charge < -0.3 is 15.7 Å². The predicted octanol–water partition coefficient (Wildman–Crippen LogP) is 5.24. The van der Waals surface area contributed by atoms with E-state index in [1.165, 1.54) is 69.8 Å². The first kappa shape index (κ1) is 28.4. The molecule has 0 unspecified atom stereocenters. The Morgan fingerprint density at radius 3 is 2.05 bits per heavy atom. The number of nitrogens with two attached hydrogens (primary N) is 1. The summed E-state index contributed by atoms with van der Waals surface area (Å²) in [7, 11) is 0. The van der Waals surface area contributed by atoms with E-state index in [1.54, 1.807) is 6.07 Å². The van der Waals surface area contributed by atoms with E-state index in [9.17, 15) is 9.90 Å². The monoisotopic (exact) mass is 552 g/mol. The fourth-order valence-corrected chi connectivity index (χ4v) is 7.34. The molecule has 1 aromatic carbocycles. The molecule has 5 rings (SSSR count). The molecule has 4 aliphatic rings. The summed E-state index contributed by atoms with van der Waals surface area (Å²) in [6.45, 7) is 3.62. The summed E-state index contributed by atoms with van der Waals surface area (Å²) in [5, 5.41) is 9.48. The Kier molecular flexibility index (Phi) is 9.98. The number of hydrogen-bond donors (Lipinski definition) is 2. The molecule has 0 aromatic heterocycles. The zero-order valence-electron chi connectivity index (χ0n) is 22.3. The zero-order valence-corrected chi connectivity index (χ0v) is 23.3. The van der Waals surface area contributed by atoms with Crippen molar-refractivity contribution in [2.75, 3.05) is 19.6 Å². The molecule has 0 atom stereocenters. The minimum absolute atomic E-state index is 0. The minimum atomic E-state index is -0.607. The number of phenols is 1. The number of aliphatic imine (C=N–C) groups is 1. The van der Waals surface area contributed by atoms with Crippen molar-refractivity contribution in [1.82, 2.24) is 9.80 Å². The second kappa shape index (κ2) is 13.0. The van der Waals surface area contributed by atoms with Gasteiger partial charge in [-0.1, -0.05) is 64.2 Å². The third-order valence-electron chi connectivity index (χ3n) is 9.37. The number of piperidine rings is 1. The van der Waals surface area contributed by atoms with Gasteiger partial charge in [0, 0.05) is 29.1 Å². The van der Waals surface area contributed by atoms with Crippen LogP contribution in [0, 0.1) is 23.8 Å². The number of carbonyl (C=O) groups is 1. The molecular weight excluding hydrogens is 507 g/mol. The number of likely N-dealkylation sites (tertiary alicyclic amines) is 1. The number of aromatic hydroxyl groups is 1. The van der Waals surface area contributed by atoms with E-state index in [-0.39, 0.29) is 28.4 Å². The first-order valence-electron chi connectivity index (χ1n) is 14.6. The molecule has 2 heterocycles. The Morgan fingerprint density at radius 1 is 0.919 bits per heavy atom. The van der Waals surface area contributed by atoms with Crippen molar-refractivity contribution in [1.29, 1.82) is 0 Å². The van der Waals surface area contributed by atoms with E-state index in [4.69, 9.17) is 10.7 Å². The van der Waals surface area contributed by atoms with Crippen LogP contribution in [0.1, 0.15) is 95.5 Å². The Morgan fingerprint density at radius 2 is 1.51 bits per heavy atom. The maximum atomic E-state index is 14.1. The number of amides is 1. The Bertz CT molecular complexity index is 881. The standard InChI is InChI=1S/C30H45N4O2.Co/c31-29-32-30(19-23-7-3-1-4-8-23,20-24-9-5-2-6-10-24)28(36)34(29)22-26-15-17-33(18-16-26)21-25-11-13-27(35)14-12-25;/h11-13,23-24,26,35H,1-10,15-22H2,(H2,31,32);/q-1;. The van der Waals surface area contributed by atoms with Gasteiger partial charge in [-0.05, 0) is 63.1 Å². The van der Waals surface area contributed by atoms with E-state index in [1.807, 2.05) is 17.0 Å². The number of nitrogens with zero attached hydrogens (tertiary/aromatic N) is 3. The molecule has 6 nitrogen and oxygen atoms in total. The molecule has 3 N–H and O–H groups in total. The quantitative estimate of drug-likeness (QED) is 0.433. The van der Waals surface area contributed by atoms with Gasteiger partial charge in [-0.3, -0.25) is 9.69 Å². The first-order valence-corrected chi connectivity index (χ1v) is 14.6. The van der Waals surface area contributed by atoms with Crippen molar-refractivity contribution in [3.8, 4) is 5.75 Å². The topological polar surface area (TPSA) is 82.2 Å². The molecule has 207 valence electrons. The normalized spacial score (nSPS) is 24.2. The van der Waals surface area contributed by atoms with Crippen molar-refractivity contribution in [2.24, 2.45) is 28.5 Å². The van der Waals surface area contributed by atoms with Gasteiger partial charge in [0.1, 0.15) is 5.54 Å². The number of guanidine groups is 1. The SMILES string of the molecule is NC1=NC(CC2CCCCC2)(CC2CCCCC2)C(=O)N1CC1CCN(Cc2c[c-]c(O)cc2)CC1.[Co]. The van der Waals surface area contributed by atoms with Gasteiger partial charge in [0.25, 0.3) is 5.91 Å². The molecule has 37 heavy (non-hydrogen) atoms. The van der Waals surface area contributed by atoms with Gasteiger partial charge >= 0.3 is 0 Å². The van der Waals surface area contributed by atoms with Gasteiger partial charge in [-0.25, -0.2) is 4.99 Å². The number of hydrogen-bond acceptors (Lipinski definition) is 5. The van der Waals surface area contributed by atoms with Gasteiger partial charge in [0.05, 0.1) is 0 Å². The van der Waals surface area contributed by atoms with E-state index in [2.05, 4.69) is 11.0 Å². The molecule has 7 heteroatoms. The molecule has 1 aromatic rings. The van der Waals surface area contributed by atoms with Gasteiger partial charge in [0.15, 0.2) is 5.96 Å². The Labute approximate surface area is 233 Å². The molecule has 0 spiro atoms. The number of carbonyl (C=O) groups excluding carboxylic acids is 1. The van der Waals surface area contributed by atoms with E-state index >= 15 is 0 Å². The Hall–Kier alpha value is -1.57. The zero-order chi connectivity index (χ0) is 25.0. The second-order valence-electron chi connectivity index (χ2n) is 12.1. The third-order valence-corrected chi connectivity index (χ3v) is 9.37. The summed E-state index contributed by atoms with van der Waals surface area (Å²) in [5.74, 6) is 2.57. The molecule has 1 radical (unpaired) electrons. The summed E-state index contributed by atoms with van der Waals surface area (Å²) < 4.78 is 0. The van der Waals surface area contributed by atoms with Crippen molar-refractivity contribution in [2.45, 2.75) is 102 Å². The average Bonchev–Trinajstić information content (AvgIpc) is 3.11. The van der Waals surface area contributed by atoms with Crippen LogP contribution < -0.4 is 5.73 Å². The van der Waals surface area contributed by atoms with Gasteiger partial charge in [-0.2, -0.15) is 12.1 Å². The summed E-state index contributed by atoms with van der Waals surface area (Å²) in [4.78, 5) is 23.5. The van der Waals surface area contributed by atoms with Crippen LogP contribution in [0.4, 0.5) is 0 Å². The summed E-state index contributed by atoms with van der Waals surface area (Å²) in [6, 6.07) is 8.43. The number of rotatable bonds is 8. The van der Waals surface area contributed by atoms with Crippen molar-refractivity contribution >= 4 is 11.9 Å². The molecule has 1 saturated heterocycles. The summed E-state index contributed by atoms with van der Waals surface area (Å²) in [6.07, 6.45) is 16.8. The molecule has 1 amide bonds. The van der Waals surface area contributed by atoms with Crippen molar-refractivity contribution < 1.29 is 26.7 Å². The molecule has 0 bridgehead atoms. The number of phenolic OH excluding ortho intramolecular Hbond substituents is 1. The van der Waals surface area contributed by atoms with E-state index in [0.717, 1.165) is 45.3 Å². The number of benzene rings is 1. The van der Waals surface area contributed by atoms with Crippen LogP contribution in [-0.4, -0.2) is 51.9 Å². The predicted molar refractivity (Wildman–Crippen MR) is 143 cm³/mol. The largest absolute Gasteiger partial charge is 0.534 e. The molecule has 2 saturated carbocycles.